The first-order valence-electron chi connectivity index (χ1n) is 1.10. The van der Waals surface area contributed by atoms with Gasteiger partial charge in [0.25, 0.3) is 0 Å². The minimum absolute atomic E-state index is 0. The van der Waals surface area contributed by atoms with Crippen molar-refractivity contribution in [2.45, 2.75) is 0 Å². The maximum absolute atomic E-state index is 3.52. The van der Waals surface area contributed by atoms with E-state index in [9.17, 15) is 0 Å². The van der Waals surface area contributed by atoms with Crippen LogP contribution in [0.5, 0.6) is 0 Å². The molecule has 0 fully saturated rings. The van der Waals surface area contributed by atoms with Crippen LogP contribution in [0, 0.1) is 0 Å². The average Bonchev–Trinajstić information content (AvgIpc) is 1.76. The first kappa shape index (κ1) is 23.0. The van der Waals surface area contributed by atoms with Crippen LogP contribution in [0.2, 0.25) is 0 Å². The molecule has 1 aliphatic heterocycles. The third kappa shape index (κ3) is 14.7. The van der Waals surface area contributed by atoms with Crippen molar-refractivity contribution >= 4 is 52.7 Å². The second kappa shape index (κ2) is 17.8. The van der Waals surface area contributed by atoms with Gasteiger partial charge in [0.05, 0.1) is 0 Å². The van der Waals surface area contributed by atoms with Crippen LogP contribution in [-0.4, -0.2) is 52.7 Å². The molecular formula is CHAs4Cl3Zr. The maximum Gasteiger partial charge on any atom is 4.00 e. The Bertz CT molecular complexity index is 73.9. The van der Waals surface area contributed by atoms with Crippen molar-refractivity contribution in [3.05, 3.63) is 0 Å². The fraction of sp³-hybridized carbons (Fsp3) is 0. The molecule has 1 atom stereocenters. The van der Waals surface area contributed by atoms with Crippen LogP contribution in [0.25, 0.3) is 0 Å². The van der Waals surface area contributed by atoms with Gasteiger partial charge < -0.3 is 37.2 Å². The van der Waals surface area contributed by atoms with E-state index in [1.165, 1.54) is 0 Å². The first-order chi connectivity index (χ1) is 2.50. The summed E-state index contributed by atoms with van der Waals surface area (Å²) >= 11 is 3.35. The van der Waals surface area contributed by atoms with Crippen molar-refractivity contribution in [2.75, 3.05) is 0 Å². The van der Waals surface area contributed by atoms with Gasteiger partial charge in [0.1, 0.15) is 0 Å². The van der Waals surface area contributed by atoms with Gasteiger partial charge in [0, 0.05) is 0 Å². The van der Waals surface area contributed by atoms with Gasteiger partial charge in [-0.05, 0) is 0 Å². The van der Waals surface area contributed by atoms with Gasteiger partial charge in [-0.15, -0.1) is 0 Å². The van der Waals surface area contributed by atoms with Crippen molar-refractivity contribution in [3.8, 4) is 0 Å². The largest absolute Gasteiger partial charge is 4.00 e. The third-order valence-electron chi connectivity index (χ3n) is 0.239. The summed E-state index contributed by atoms with van der Waals surface area (Å²) in [5, 5.41) is 0. The molecule has 1 unspecified atom stereocenters. The predicted molar refractivity (Wildman–Crippen MR) is 29.4 cm³/mol. The summed E-state index contributed by atoms with van der Waals surface area (Å²) in [7, 11) is 0. The predicted octanol–water partition coefficient (Wildman–Crippen LogP) is -11.1. The summed E-state index contributed by atoms with van der Waals surface area (Å²) in [4.78, 5) is 0. The van der Waals surface area contributed by atoms with Crippen molar-refractivity contribution in [2.24, 2.45) is 0 Å². The SMILES string of the molecule is [C-]1=[As][As]=[As][AsH]1.[Cl-].[Cl-].[Cl-].[Zr+4]. The summed E-state index contributed by atoms with van der Waals surface area (Å²) in [5.41, 5.74) is 0. The van der Waals surface area contributed by atoms with E-state index in [0.717, 1.165) is 35.4 Å². The van der Waals surface area contributed by atoms with Crippen molar-refractivity contribution in [1.82, 2.24) is 0 Å². The van der Waals surface area contributed by atoms with Crippen LogP contribution in [0.4, 0.5) is 0 Å². The molecule has 0 aliphatic carbocycles. The molecule has 0 N–H and O–H groups in total. The molecule has 0 aromatic rings. The Hall–Kier alpha value is 3.86. The quantitative estimate of drug-likeness (QED) is 0.225. The smallest absolute Gasteiger partial charge is 1.00 e. The molecule has 0 bridgehead atoms. The summed E-state index contributed by atoms with van der Waals surface area (Å²) in [6.07, 6.45) is 0. The van der Waals surface area contributed by atoms with Crippen molar-refractivity contribution < 1.29 is 63.4 Å². The van der Waals surface area contributed by atoms with Gasteiger partial charge in [0.2, 0.25) is 0 Å². The Kier molecular flexibility index (Phi) is 45.6. The van der Waals surface area contributed by atoms with Crippen LogP contribution < -0.4 is 37.2 Å². The molecule has 50 valence electrons. The Morgan fingerprint density at radius 3 is 1.78 bits per heavy atom. The van der Waals surface area contributed by atoms with Gasteiger partial charge in [0.15, 0.2) is 0 Å². The average molecular weight is 510 g/mol. The maximum atomic E-state index is 3.52. The normalized spacial score (nSPS) is 17.8. The zero-order valence-electron chi connectivity index (χ0n) is 3.98. The zero-order valence-corrected chi connectivity index (χ0v) is 16.4. The Labute approximate surface area is 114 Å². The Balaban J connectivity index is -0.0000000312. The molecule has 1 heterocycles. The van der Waals surface area contributed by atoms with Gasteiger partial charge in [-0.3, -0.25) is 0 Å². The molecule has 0 aromatic heterocycles. The third-order valence-corrected chi connectivity index (χ3v) is 59.9. The van der Waals surface area contributed by atoms with Gasteiger partial charge >= 0.3 is 78.9 Å². The molecule has 0 nitrogen and oxygen atoms in total. The fourth-order valence-corrected chi connectivity index (χ4v) is 81.5. The van der Waals surface area contributed by atoms with E-state index in [1.807, 2.05) is 0 Å². The topological polar surface area (TPSA) is 0 Å². The van der Waals surface area contributed by atoms with Gasteiger partial charge in [-0.1, -0.05) is 0 Å². The summed E-state index contributed by atoms with van der Waals surface area (Å²) in [5.74, 6) is 0. The molecule has 8 heteroatoms. The van der Waals surface area contributed by atoms with Gasteiger partial charge in [-0.25, -0.2) is 0 Å². The number of hydrogen-bond donors (Lipinski definition) is 0. The molecule has 0 aromatic carbocycles. The van der Waals surface area contributed by atoms with E-state index in [0.29, 0.717) is 13.7 Å². The van der Waals surface area contributed by atoms with Crippen LogP contribution in [0.1, 0.15) is 0 Å². The van der Waals surface area contributed by atoms with Crippen LogP contribution >= 0.6 is 0 Å². The number of rotatable bonds is 0. The number of hydrogen-bond acceptors (Lipinski definition) is 0. The van der Waals surface area contributed by atoms with E-state index in [1.54, 1.807) is 0 Å². The molecule has 1 aliphatic rings. The summed E-state index contributed by atoms with van der Waals surface area (Å²) < 4.78 is 3.52. The van der Waals surface area contributed by atoms with E-state index in [-0.39, 0.29) is 63.4 Å². The van der Waals surface area contributed by atoms with E-state index in [4.69, 9.17) is 0 Å². The first-order valence-corrected chi connectivity index (χ1v) is 19.3. The van der Waals surface area contributed by atoms with Crippen LogP contribution in [-0.2, 0) is 26.2 Å². The molecule has 9 heavy (non-hydrogen) atoms. The molecule has 1 rings (SSSR count). The van der Waals surface area contributed by atoms with Crippen molar-refractivity contribution in [3.63, 3.8) is 0 Å². The van der Waals surface area contributed by atoms with Crippen molar-refractivity contribution in [1.29, 1.82) is 0 Å². The number of halogens is 3. The second-order valence-electron chi connectivity index (χ2n) is 0.513. The Morgan fingerprint density at radius 2 is 1.67 bits per heavy atom. The monoisotopic (exact) mass is 508 g/mol. The molecule has 0 spiro atoms. The molecular weight excluding hydrogens is 509 g/mol. The molecule has 0 saturated carbocycles. The second-order valence-corrected chi connectivity index (χ2v) is 35.3. The van der Waals surface area contributed by atoms with Gasteiger partial charge in [-0.2, -0.15) is 0 Å². The van der Waals surface area contributed by atoms with E-state index < -0.39 is 0 Å². The van der Waals surface area contributed by atoms with Crippen LogP contribution in [0.3, 0.4) is 0 Å². The standard InChI is InChI=1S/CHAs4.3ClH.Zr/c1-2-4-5-3-1;;;;/h2H;3*1H;/q-1;;;;+4/p-3. The Morgan fingerprint density at radius 1 is 1.11 bits per heavy atom. The van der Waals surface area contributed by atoms with E-state index >= 15 is 0 Å². The molecule has 0 saturated heterocycles. The summed E-state index contributed by atoms with van der Waals surface area (Å²) in [6, 6.07) is 0. The zero-order chi connectivity index (χ0) is 3.54. The van der Waals surface area contributed by atoms with Crippen LogP contribution in [0.15, 0.2) is 0 Å². The minimum Gasteiger partial charge on any atom is -1.00 e. The molecule has 0 amide bonds. The fourth-order valence-electron chi connectivity index (χ4n) is 0.112. The van der Waals surface area contributed by atoms with E-state index in [2.05, 4.69) is 3.59 Å². The minimum atomic E-state index is 0. The molecule has 0 radical (unpaired) electrons. The summed E-state index contributed by atoms with van der Waals surface area (Å²) in [6.45, 7) is 0.